The van der Waals surface area contributed by atoms with Crippen LogP contribution in [0.1, 0.15) is 79.3 Å². The molecule has 1 aliphatic rings. The fourth-order valence-electron chi connectivity index (χ4n) is 5.21. The quantitative estimate of drug-likeness (QED) is 0.172. The van der Waals surface area contributed by atoms with Crippen molar-refractivity contribution in [2.24, 2.45) is 5.92 Å². The number of ether oxygens (including phenoxy) is 2. The topological polar surface area (TPSA) is 35.5 Å². The molecular weight excluding hydrogens is 484 g/mol. The minimum absolute atomic E-state index is 0.00773. The zero-order valence-electron chi connectivity index (χ0n) is 20.9. The predicted octanol–water partition coefficient (Wildman–Crippen LogP) is 8.33. The van der Waals surface area contributed by atoms with E-state index in [1.165, 1.54) is 5.56 Å². The third-order valence-corrected chi connectivity index (χ3v) is 7.11. The Bertz CT molecular complexity index is 1190. The Morgan fingerprint density at radius 1 is 0.892 bits per heavy atom. The lowest BCUT2D eigenvalue weighted by Crippen LogP contribution is -2.17. The van der Waals surface area contributed by atoms with Crippen LogP contribution in [0.4, 0.5) is 17.6 Å². The molecule has 0 aromatic heterocycles. The Balaban J connectivity index is 1.40. The summed E-state index contributed by atoms with van der Waals surface area (Å²) < 4.78 is 67.6. The molecule has 0 aliphatic heterocycles. The second-order valence-corrected chi connectivity index (χ2v) is 9.66. The van der Waals surface area contributed by atoms with Crippen LogP contribution in [-0.4, -0.2) is 12.6 Å². The summed E-state index contributed by atoms with van der Waals surface area (Å²) in [5.74, 6) is -5.83. The summed E-state index contributed by atoms with van der Waals surface area (Å²) in [6.07, 6.45) is 4.60. The van der Waals surface area contributed by atoms with Gasteiger partial charge in [0, 0.05) is 12.1 Å². The predicted molar refractivity (Wildman–Crippen MR) is 133 cm³/mol. The van der Waals surface area contributed by atoms with Gasteiger partial charge in [0.15, 0.2) is 17.4 Å². The molecule has 3 aromatic carbocycles. The molecular formula is C30H30F4O3. The second kappa shape index (κ2) is 11.8. The van der Waals surface area contributed by atoms with E-state index in [0.717, 1.165) is 56.4 Å². The van der Waals surface area contributed by atoms with Crippen LogP contribution in [-0.2, 0) is 0 Å². The summed E-state index contributed by atoms with van der Waals surface area (Å²) in [6.45, 7) is 3.81. The Morgan fingerprint density at radius 3 is 2.05 bits per heavy atom. The van der Waals surface area contributed by atoms with Gasteiger partial charge in [-0.25, -0.2) is 22.4 Å². The lowest BCUT2D eigenvalue weighted by Gasteiger charge is -2.30. The van der Waals surface area contributed by atoms with E-state index >= 15 is 0 Å². The highest BCUT2D eigenvalue weighted by molar-refractivity contribution is 5.91. The largest absolute Gasteiger partial charge is 0.488 e. The Kier molecular flexibility index (Phi) is 8.52. The number of hydrogen-bond donors (Lipinski definition) is 0. The molecule has 0 heterocycles. The molecule has 37 heavy (non-hydrogen) atoms. The van der Waals surface area contributed by atoms with Gasteiger partial charge in [0.25, 0.3) is 0 Å². The van der Waals surface area contributed by atoms with Crippen LogP contribution in [0.3, 0.4) is 0 Å². The van der Waals surface area contributed by atoms with E-state index < -0.39 is 46.3 Å². The highest BCUT2D eigenvalue weighted by Gasteiger charge is 2.28. The zero-order chi connectivity index (χ0) is 26.5. The minimum atomic E-state index is -1.37. The van der Waals surface area contributed by atoms with Gasteiger partial charge in [-0.15, -0.1) is 0 Å². The molecule has 3 nitrogen and oxygen atoms in total. The number of esters is 1. The number of benzene rings is 3. The first-order chi connectivity index (χ1) is 17.8. The van der Waals surface area contributed by atoms with Gasteiger partial charge in [0.05, 0.1) is 6.61 Å². The molecule has 1 unspecified atom stereocenters. The first-order valence-electron chi connectivity index (χ1n) is 12.6. The molecule has 1 saturated carbocycles. The normalized spacial score (nSPS) is 18.3. The number of carbonyl (C=O) groups is 1. The van der Waals surface area contributed by atoms with Crippen LogP contribution >= 0.6 is 0 Å². The Labute approximate surface area is 214 Å². The summed E-state index contributed by atoms with van der Waals surface area (Å²) >= 11 is 0. The van der Waals surface area contributed by atoms with Gasteiger partial charge in [-0.1, -0.05) is 37.3 Å². The molecule has 0 amide bonds. The lowest BCUT2D eigenvalue weighted by atomic mass is 9.75. The lowest BCUT2D eigenvalue weighted by molar-refractivity contribution is 0.0723. The smallest absolute Gasteiger partial charge is 0.349 e. The maximum atomic E-state index is 14.9. The molecule has 0 radical (unpaired) electrons. The van der Waals surface area contributed by atoms with Gasteiger partial charge in [-0.2, -0.15) is 0 Å². The molecule has 1 atom stereocenters. The van der Waals surface area contributed by atoms with Crippen molar-refractivity contribution in [2.45, 2.75) is 57.8 Å². The Morgan fingerprint density at radius 2 is 1.49 bits per heavy atom. The first-order valence-corrected chi connectivity index (χ1v) is 12.6. The van der Waals surface area contributed by atoms with Gasteiger partial charge >= 0.3 is 5.97 Å². The van der Waals surface area contributed by atoms with E-state index in [4.69, 9.17) is 9.47 Å². The average Bonchev–Trinajstić information content (AvgIpc) is 2.86. The Hall–Kier alpha value is -3.35. The number of carbonyl (C=O) groups excluding carboxylic acids is 1. The highest BCUT2D eigenvalue weighted by Crippen LogP contribution is 2.40. The van der Waals surface area contributed by atoms with Crippen molar-refractivity contribution in [3.63, 3.8) is 0 Å². The molecule has 0 N–H and O–H groups in total. The third kappa shape index (κ3) is 6.32. The van der Waals surface area contributed by atoms with Crippen molar-refractivity contribution < 1.29 is 31.8 Å². The summed E-state index contributed by atoms with van der Waals surface area (Å²) in [5, 5.41) is 0. The van der Waals surface area contributed by atoms with E-state index in [0.29, 0.717) is 17.4 Å². The summed E-state index contributed by atoms with van der Waals surface area (Å²) in [6, 6.07) is 14.1. The summed E-state index contributed by atoms with van der Waals surface area (Å²) in [5.41, 5.74) is 0.912. The van der Waals surface area contributed by atoms with E-state index in [2.05, 4.69) is 19.1 Å². The van der Waals surface area contributed by atoms with Gasteiger partial charge in [-0.05, 0) is 80.0 Å². The second-order valence-electron chi connectivity index (χ2n) is 9.66. The highest BCUT2D eigenvalue weighted by atomic mass is 19.1. The van der Waals surface area contributed by atoms with Crippen molar-refractivity contribution in [3.8, 4) is 11.5 Å². The van der Waals surface area contributed by atoms with Crippen molar-refractivity contribution >= 4 is 5.97 Å². The van der Waals surface area contributed by atoms with Crippen LogP contribution < -0.4 is 9.47 Å². The monoisotopic (exact) mass is 514 g/mol. The van der Waals surface area contributed by atoms with Crippen molar-refractivity contribution in [1.82, 2.24) is 0 Å². The van der Waals surface area contributed by atoms with E-state index in [1.54, 1.807) is 6.92 Å². The maximum absolute atomic E-state index is 14.9. The first kappa shape index (κ1) is 26.7. The van der Waals surface area contributed by atoms with Crippen LogP contribution in [0.25, 0.3) is 0 Å². The average molecular weight is 515 g/mol. The third-order valence-electron chi connectivity index (χ3n) is 7.11. The molecule has 1 fully saturated rings. The van der Waals surface area contributed by atoms with E-state index in [-0.39, 0.29) is 12.5 Å². The molecule has 196 valence electrons. The zero-order valence-corrected chi connectivity index (χ0v) is 20.9. The maximum Gasteiger partial charge on any atom is 0.349 e. The standard InChI is InChI=1S/C30H30F4O3/c1-3-36-29-26(33)16-23(17-27(29)34)37-30(35)28-24(31)14-22(15-25(28)32)21-11-9-19(10-12-21)13-18(2)20-7-5-4-6-8-20/h4-8,14-19,21H,3,9-13H2,1-2H3. The fraction of sp³-hybridized carbons (Fsp3) is 0.367. The molecule has 0 bridgehead atoms. The summed E-state index contributed by atoms with van der Waals surface area (Å²) in [7, 11) is 0. The van der Waals surface area contributed by atoms with Crippen LogP contribution in [0.2, 0.25) is 0 Å². The van der Waals surface area contributed by atoms with E-state index in [1.807, 2.05) is 18.2 Å². The molecule has 0 spiro atoms. The fourth-order valence-corrected chi connectivity index (χ4v) is 5.21. The van der Waals surface area contributed by atoms with Crippen molar-refractivity contribution in [2.75, 3.05) is 6.61 Å². The van der Waals surface area contributed by atoms with Gasteiger partial charge in [-0.3, -0.25) is 0 Å². The number of hydrogen-bond acceptors (Lipinski definition) is 3. The van der Waals surface area contributed by atoms with Crippen LogP contribution in [0, 0.1) is 29.2 Å². The van der Waals surface area contributed by atoms with Crippen molar-refractivity contribution in [1.29, 1.82) is 0 Å². The molecule has 3 aromatic rings. The number of rotatable bonds is 8. The van der Waals surface area contributed by atoms with Crippen LogP contribution in [0.15, 0.2) is 54.6 Å². The van der Waals surface area contributed by atoms with Gasteiger partial charge < -0.3 is 9.47 Å². The van der Waals surface area contributed by atoms with E-state index in [9.17, 15) is 22.4 Å². The molecule has 4 rings (SSSR count). The van der Waals surface area contributed by atoms with Gasteiger partial charge in [0.1, 0.15) is 22.9 Å². The molecule has 7 heteroatoms. The van der Waals surface area contributed by atoms with Crippen LogP contribution in [0.5, 0.6) is 11.5 Å². The number of halogens is 4. The molecule has 1 aliphatic carbocycles. The minimum Gasteiger partial charge on any atom is -0.488 e. The summed E-state index contributed by atoms with van der Waals surface area (Å²) in [4.78, 5) is 12.5. The molecule has 0 saturated heterocycles. The van der Waals surface area contributed by atoms with Gasteiger partial charge in [0.2, 0.25) is 0 Å². The van der Waals surface area contributed by atoms with Crippen molar-refractivity contribution in [3.05, 3.63) is 94.6 Å². The SMILES string of the molecule is CCOc1c(F)cc(OC(=O)c2c(F)cc(C3CCC(CC(C)c4ccccc4)CC3)cc2F)cc1F.